The molecule has 1 fully saturated rings. The van der Waals surface area contributed by atoms with Crippen molar-refractivity contribution in [2.24, 2.45) is 0 Å². The fourth-order valence-electron chi connectivity index (χ4n) is 3.40. The van der Waals surface area contributed by atoms with Gasteiger partial charge in [-0.3, -0.25) is 4.90 Å². The monoisotopic (exact) mass is 326 g/mol. The van der Waals surface area contributed by atoms with Gasteiger partial charge in [-0.2, -0.15) is 15.0 Å². The van der Waals surface area contributed by atoms with E-state index in [4.69, 9.17) is 5.73 Å². The number of nitrogens with two attached hydrogens (primary N) is 1. The van der Waals surface area contributed by atoms with Crippen LogP contribution in [0.4, 0.5) is 11.9 Å². The molecule has 2 N–H and O–H groups in total. The molecule has 1 saturated heterocycles. The van der Waals surface area contributed by atoms with Crippen molar-refractivity contribution in [1.82, 2.24) is 19.9 Å². The zero-order chi connectivity index (χ0) is 17.1. The third kappa shape index (κ3) is 3.64. The lowest BCUT2D eigenvalue weighted by atomic mass is 9.91. The Kier molecular flexibility index (Phi) is 4.94. The summed E-state index contributed by atoms with van der Waals surface area (Å²) >= 11 is 0. The maximum Gasteiger partial charge on any atom is 0.229 e. The Morgan fingerprint density at radius 3 is 2.58 bits per heavy atom. The molecule has 6 heteroatoms. The molecular weight excluding hydrogens is 300 g/mol. The Hall–Kier alpha value is -2.21. The van der Waals surface area contributed by atoms with Gasteiger partial charge in [0.2, 0.25) is 11.9 Å². The Morgan fingerprint density at radius 1 is 1.12 bits per heavy atom. The first-order chi connectivity index (χ1) is 11.5. The zero-order valence-corrected chi connectivity index (χ0v) is 14.7. The normalized spacial score (nSPS) is 21.6. The van der Waals surface area contributed by atoms with E-state index < -0.39 is 0 Å². The predicted octanol–water partition coefficient (Wildman–Crippen LogP) is 2.64. The smallest absolute Gasteiger partial charge is 0.229 e. The van der Waals surface area contributed by atoms with Gasteiger partial charge in [0.05, 0.1) is 6.54 Å². The van der Waals surface area contributed by atoms with Crippen LogP contribution in [0.25, 0.3) is 0 Å². The van der Waals surface area contributed by atoms with E-state index in [1.807, 2.05) is 19.0 Å². The highest BCUT2D eigenvalue weighted by Crippen LogP contribution is 2.35. The number of rotatable bonds is 4. The standard InChI is InChI=1S/C18H26N6/c1-13-8-7-11-15(14-9-5-4-6-10-14)24(13)12-16-20-17(19)22-18(21-16)23(2)3/h4-6,9-10,13,15H,7-8,11-12H2,1-3H3,(H2,19,20,21,22)/t13-,15+/m1/s1. The van der Waals surface area contributed by atoms with Crippen molar-refractivity contribution < 1.29 is 0 Å². The maximum atomic E-state index is 5.88. The SMILES string of the molecule is C[C@@H]1CCC[C@@H](c2ccccc2)N1Cc1nc(N)nc(N(C)C)n1. The minimum absolute atomic E-state index is 0.282. The molecule has 0 amide bonds. The minimum atomic E-state index is 0.282. The number of piperidine rings is 1. The molecule has 2 atom stereocenters. The first-order valence-electron chi connectivity index (χ1n) is 8.53. The van der Waals surface area contributed by atoms with Crippen molar-refractivity contribution in [3.8, 4) is 0 Å². The van der Waals surface area contributed by atoms with E-state index in [-0.39, 0.29) is 5.95 Å². The van der Waals surface area contributed by atoms with Crippen LogP contribution in [-0.4, -0.2) is 40.0 Å². The quantitative estimate of drug-likeness (QED) is 0.931. The third-order valence-electron chi connectivity index (χ3n) is 4.66. The summed E-state index contributed by atoms with van der Waals surface area (Å²) in [5.74, 6) is 1.63. The summed E-state index contributed by atoms with van der Waals surface area (Å²) in [5.41, 5.74) is 7.24. The van der Waals surface area contributed by atoms with Crippen LogP contribution in [0.15, 0.2) is 30.3 Å². The van der Waals surface area contributed by atoms with Crippen molar-refractivity contribution in [2.75, 3.05) is 24.7 Å². The molecule has 2 aromatic rings. The number of anilines is 2. The highest BCUT2D eigenvalue weighted by molar-refractivity contribution is 5.32. The van der Waals surface area contributed by atoms with Gasteiger partial charge in [0, 0.05) is 26.2 Å². The number of aromatic nitrogens is 3. The fourth-order valence-corrected chi connectivity index (χ4v) is 3.40. The van der Waals surface area contributed by atoms with Gasteiger partial charge in [-0.25, -0.2) is 0 Å². The molecule has 0 spiro atoms. The molecule has 0 radical (unpaired) electrons. The molecule has 1 aliphatic rings. The predicted molar refractivity (Wildman–Crippen MR) is 96.6 cm³/mol. The highest BCUT2D eigenvalue weighted by atomic mass is 15.3. The summed E-state index contributed by atoms with van der Waals surface area (Å²) in [5, 5.41) is 0. The van der Waals surface area contributed by atoms with Gasteiger partial charge >= 0.3 is 0 Å². The first-order valence-corrected chi connectivity index (χ1v) is 8.53. The second-order valence-corrected chi connectivity index (χ2v) is 6.68. The summed E-state index contributed by atoms with van der Waals surface area (Å²) in [4.78, 5) is 17.5. The molecule has 24 heavy (non-hydrogen) atoms. The van der Waals surface area contributed by atoms with Gasteiger partial charge in [-0.05, 0) is 25.3 Å². The zero-order valence-electron chi connectivity index (χ0n) is 14.7. The van der Waals surface area contributed by atoms with E-state index in [2.05, 4.69) is 57.1 Å². The van der Waals surface area contributed by atoms with Gasteiger partial charge in [0.15, 0.2) is 0 Å². The Bertz CT molecular complexity index is 672. The van der Waals surface area contributed by atoms with Crippen molar-refractivity contribution in [3.05, 3.63) is 41.7 Å². The minimum Gasteiger partial charge on any atom is -0.368 e. The van der Waals surface area contributed by atoms with Crippen molar-refractivity contribution in [3.63, 3.8) is 0 Å². The van der Waals surface area contributed by atoms with Crippen LogP contribution in [-0.2, 0) is 6.54 Å². The van der Waals surface area contributed by atoms with Crippen LogP contribution in [0.2, 0.25) is 0 Å². The van der Waals surface area contributed by atoms with Crippen LogP contribution in [0.1, 0.15) is 43.6 Å². The van der Waals surface area contributed by atoms with Crippen LogP contribution in [0.3, 0.4) is 0 Å². The number of benzene rings is 1. The van der Waals surface area contributed by atoms with Crippen LogP contribution < -0.4 is 10.6 Å². The van der Waals surface area contributed by atoms with Gasteiger partial charge in [-0.15, -0.1) is 0 Å². The van der Waals surface area contributed by atoms with Gasteiger partial charge in [-0.1, -0.05) is 36.8 Å². The molecule has 128 valence electrons. The molecule has 0 saturated carbocycles. The summed E-state index contributed by atoms with van der Waals surface area (Å²) in [6.45, 7) is 2.97. The second-order valence-electron chi connectivity index (χ2n) is 6.68. The molecule has 0 unspecified atom stereocenters. The Labute approximate surface area is 143 Å². The highest BCUT2D eigenvalue weighted by Gasteiger charge is 2.29. The summed E-state index contributed by atoms with van der Waals surface area (Å²) < 4.78 is 0. The maximum absolute atomic E-state index is 5.88. The Balaban J connectivity index is 1.88. The van der Waals surface area contributed by atoms with Gasteiger partial charge in [0.1, 0.15) is 5.82 Å². The molecule has 3 rings (SSSR count). The third-order valence-corrected chi connectivity index (χ3v) is 4.66. The van der Waals surface area contributed by atoms with Crippen LogP contribution >= 0.6 is 0 Å². The summed E-state index contributed by atoms with van der Waals surface area (Å²) in [7, 11) is 3.82. The lowest BCUT2D eigenvalue weighted by molar-refractivity contribution is 0.0814. The largest absolute Gasteiger partial charge is 0.368 e. The van der Waals surface area contributed by atoms with E-state index in [9.17, 15) is 0 Å². The molecule has 1 aliphatic heterocycles. The van der Waals surface area contributed by atoms with Gasteiger partial charge < -0.3 is 10.6 Å². The molecule has 1 aromatic heterocycles. The summed E-state index contributed by atoms with van der Waals surface area (Å²) in [6.07, 6.45) is 3.61. The second kappa shape index (κ2) is 7.13. The lowest BCUT2D eigenvalue weighted by Gasteiger charge is -2.40. The number of likely N-dealkylation sites (tertiary alicyclic amines) is 1. The lowest BCUT2D eigenvalue weighted by Crippen LogP contribution is -2.40. The number of hydrogen-bond donors (Lipinski definition) is 1. The van der Waals surface area contributed by atoms with Crippen LogP contribution in [0.5, 0.6) is 0 Å². The average molecular weight is 326 g/mol. The van der Waals surface area contributed by atoms with Crippen molar-refractivity contribution >= 4 is 11.9 Å². The molecule has 1 aromatic carbocycles. The fraction of sp³-hybridized carbons (Fsp3) is 0.500. The van der Waals surface area contributed by atoms with Crippen molar-refractivity contribution in [1.29, 1.82) is 0 Å². The number of nitrogens with zero attached hydrogens (tertiary/aromatic N) is 5. The van der Waals surface area contributed by atoms with E-state index in [0.29, 0.717) is 24.6 Å². The van der Waals surface area contributed by atoms with E-state index in [0.717, 1.165) is 12.2 Å². The average Bonchev–Trinajstić information content (AvgIpc) is 2.57. The topological polar surface area (TPSA) is 71.2 Å². The van der Waals surface area contributed by atoms with Crippen molar-refractivity contribution in [2.45, 2.75) is 44.8 Å². The number of hydrogen-bond acceptors (Lipinski definition) is 6. The van der Waals surface area contributed by atoms with E-state index in [1.54, 1.807) is 0 Å². The molecule has 6 nitrogen and oxygen atoms in total. The molecule has 2 heterocycles. The molecule has 0 aliphatic carbocycles. The van der Waals surface area contributed by atoms with E-state index in [1.165, 1.54) is 18.4 Å². The van der Waals surface area contributed by atoms with Crippen LogP contribution in [0, 0.1) is 0 Å². The van der Waals surface area contributed by atoms with Gasteiger partial charge in [0.25, 0.3) is 0 Å². The molecular formula is C18H26N6. The number of nitrogen functional groups attached to an aromatic ring is 1. The van der Waals surface area contributed by atoms with E-state index >= 15 is 0 Å². The first kappa shape index (κ1) is 16.6. The summed E-state index contributed by atoms with van der Waals surface area (Å²) in [6, 6.07) is 11.6. The molecule has 0 bridgehead atoms. The Morgan fingerprint density at radius 2 is 1.88 bits per heavy atom.